The quantitative estimate of drug-likeness (QED) is 0.163. The van der Waals surface area contributed by atoms with Gasteiger partial charge in [-0.15, -0.1) is 24.0 Å². The lowest BCUT2D eigenvalue weighted by Gasteiger charge is -2.47. The van der Waals surface area contributed by atoms with E-state index in [1.807, 2.05) is 0 Å². The SMILES string of the molecule is CCNC(=NCC1(N2CCOCC2)CCCCC1)NCCCCC(=O)OC.I. The fourth-order valence-electron chi connectivity index (χ4n) is 4.09. The van der Waals surface area contributed by atoms with Gasteiger partial charge in [0, 0.05) is 38.1 Å². The van der Waals surface area contributed by atoms with Crippen LogP contribution in [0.1, 0.15) is 58.3 Å². The van der Waals surface area contributed by atoms with Gasteiger partial charge in [0.2, 0.25) is 0 Å². The molecule has 1 heterocycles. The monoisotopic (exact) mass is 510 g/mol. The molecule has 1 aliphatic carbocycles. The van der Waals surface area contributed by atoms with Crippen molar-refractivity contribution in [1.82, 2.24) is 15.5 Å². The summed E-state index contributed by atoms with van der Waals surface area (Å²) in [7, 11) is 1.44. The molecule has 28 heavy (non-hydrogen) atoms. The Morgan fingerprint density at radius 3 is 2.50 bits per heavy atom. The number of methoxy groups -OCH3 is 1. The molecule has 2 fully saturated rings. The van der Waals surface area contributed by atoms with Gasteiger partial charge in [-0.25, -0.2) is 0 Å². The topological polar surface area (TPSA) is 75.2 Å². The number of unbranched alkanes of at least 4 members (excludes halogenated alkanes) is 1. The van der Waals surface area contributed by atoms with Crippen molar-refractivity contribution in [2.24, 2.45) is 4.99 Å². The van der Waals surface area contributed by atoms with Gasteiger partial charge in [-0.05, 0) is 32.6 Å². The van der Waals surface area contributed by atoms with Crippen LogP contribution < -0.4 is 10.6 Å². The maximum Gasteiger partial charge on any atom is 0.305 e. The molecule has 0 aromatic carbocycles. The molecule has 7 nitrogen and oxygen atoms in total. The molecule has 0 amide bonds. The van der Waals surface area contributed by atoms with Crippen LogP contribution in [0.25, 0.3) is 0 Å². The van der Waals surface area contributed by atoms with Crippen LogP contribution in [0.4, 0.5) is 0 Å². The fourth-order valence-corrected chi connectivity index (χ4v) is 4.09. The van der Waals surface area contributed by atoms with Crippen molar-refractivity contribution in [3.63, 3.8) is 0 Å². The Bertz CT molecular complexity index is 464. The molecule has 2 rings (SSSR count). The first kappa shape index (κ1) is 25.4. The van der Waals surface area contributed by atoms with Crippen molar-refractivity contribution in [3.8, 4) is 0 Å². The standard InChI is InChI=1S/C20H38N4O3.HI/c1-3-21-19(22-12-8-5-9-18(25)26-2)23-17-20(10-6-4-7-11-20)24-13-15-27-16-14-24;/h3-17H2,1-2H3,(H2,21,22,23);1H. The van der Waals surface area contributed by atoms with Crippen molar-refractivity contribution in [1.29, 1.82) is 0 Å². The van der Waals surface area contributed by atoms with Gasteiger partial charge in [-0.2, -0.15) is 0 Å². The van der Waals surface area contributed by atoms with Crippen LogP contribution in [-0.2, 0) is 14.3 Å². The van der Waals surface area contributed by atoms with Crippen LogP contribution in [0.2, 0.25) is 0 Å². The fraction of sp³-hybridized carbons (Fsp3) is 0.900. The predicted molar refractivity (Wildman–Crippen MR) is 123 cm³/mol. The molecule has 0 radical (unpaired) electrons. The van der Waals surface area contributed by atoms with Crippen molar-refractivity contribution in [3.05, 3.63) is 0 Å². The highest BCUT2D eigenvalue weighted by Gasteiger charge is 2.38. The van der Waals surface area contributed by atoms with Gasteiger partial charge in [0.1, 0.15) is 0 Å². The number of nitrogens with zero attached hydrogens (tertiary/aromatic N) is 2. The van der Waals surface area contributed by atoms with Gasteiger partial charge in [0.25, 0.3) is 0 Å². The highest BCUT2D eigenvalue weighted by molar-refractivity contribution is 14.0. The molecule has 0 aromatic rings. The van der Waals surface area contributed by atoms with E-state index in [-0.39, 0.29) is 35.5 Å². The minimum atomic E-state index is -0.139. The number of hydrogen-bond donors (Lipinski definition) is 2. The maximum absolute atomic E-state index is 11.2. The first-order chi connectivity index (χ1) is 13.2. The summed E-state index contributed by atoms with van der Waals surface area (Å²) in [6, 6.07) is 0. The van der Waals surface area contributed by atoms with E-state index in [0.29, 0.717) is 6.42 Å². The molecule has 1 saturated carbocycles. The zero-order valence-corrected chi connectivity index (χ0v) is 20.0. The second kappa shape index (κ2) is 14.4. The number of halogens is 1. The molecular weight excluding hydrogens is 471 g/mol. The van der Waals surface area contributed by atoms with Crippen molar-refractivity contribution in [2.75, 3.05) is 53.0 Å². The first-order valence-corrected chi connectivity index (χ1v) is 10.6. The number of guanidine groups is 1. The molecule has 0 unspecified atom stereocenters. The average Bonchev–Trinajstić information content (AvgIpc) is 2.72. The summed E-state index contributed by atoms with van der Waals surface area (Å²) in [5, 5.41) is 6.77. The number of carbonyl (C=O) groups excluding carboxylic acids is 1. The molecule has 164 valence electrons. The summed E-state index contributed by atoms with van der Waals surface area (Å²) in [5.41, 5.74) is 0.190. The number of carbonyl (C=O) groups is 1. The smallest absolute Gasteiger partial charge is 0.305 e. The van der Waals surface area contributed by atoms with Gasteiger partial charge in [-0.3, -0.25) is 14.7 Å². The van der Waals surface area contributed by atoms with E-state index < -0.39 is 0 Å². The Labute approximate surface area is 187 Å². The van der Waals surface area contributed by atoms with Gasteiger partial charge in [-0.1, -0.05) is 19.3 Å². The van der Waals surface area contributed by atoms with Crippen molar-refractivity contribution >= 4 is 35.9 Å². The third-order valence-electron chi connectivity index (χ3n) is 5.67. The molecule has 0 atom stereocenters. The molecule has 0 spiro atoms. The highest BCUT2D eigenvalue weighted by Crippen LogP contribution is 2.34. The van der Waals surface area contributed by atoms with E-state index in [4.69, 9.17) is 9.73 Å². The third kappa shape index (κ3) is 8.41. The number of ether oxygens (including phenoxy) is 2. The largest absolute Gasteiger partial charge is 0.469 e. The van der Waals surface area contributed by atoms with Crippen LogP contribution in [-0.4, -0.2) is 75.4 Å². The Morgan fingerprint density at radius 1 is 1.14 bits per heavy atom. The summed E-state index contributed by atoms with van der Waals surface area (Å²) in [6.45, 7) is 8.30. The lowest BCUT2D eigenvalue weighted by molar-refractivity contribution is -0.140. The number of nitrogens with one attached hydrogen (secondary N) is 2. The van der Waals surface area contributed by atoms with Gasteiger partial charge in [0.15, 0.2) is 5.96 Å². The maximum atomic E-state index is 11.2. The van der Waals surface area contributed by atoms with Crippen LogP contribution in [0, 0.1) is 0 Å². The number of morpholine rings is 1. The van der Waals surface area contributed by atoms with E-state index in [1.54, 1.807) is 0 Å². The molecule has 2 aliphatic rings. The number of aliphatic imine (C=N–C) groups is 1. The summed E-state index contributed by atoms with van der Waals surface area (Å²) in [4.78, 5) is 18.8. The van der Waals surface area contributed by atoms with Crippen LogP contribution in [0.15, 0.2) is 4.99 Å². The summed E-state index contributed by atoms with van der Waals surface area (Å²) >= 11 is 0. The van der Waals surface area contributed by atoms with Crippen LogP contribution in [0.3, 0.4) is 0 Å². The van der Waals surface area contributed by atoms with Gasteiger partial charge < -0.3 is 20.1 Å². The number of esters is 1. The molecule has 0 aromatic heterocycles. The van der Waals surface area contributed by atoms with Crippen LogP contribution in [0.5, 0.6) is 0 Å². The van der Waals surface area contributed by atoms with Gasteiger partial charge in [0.05, 0.1) is 26.9 Å². The minimum Gasteiger partial charge on any atom is -0.469 e. The van der Waals surface area contributed by atoms with Crippen molar-refractivity contribution in [2.45, 2.75) is 63.8 Å². The zero-order valence-electron chi connectivity index (χ0n) is 17.6. The van der Waals surface area contributed by atoms with E-state index in [1.165, 1.54) is 39.2 Å². The van der Waals surface area contributed by atoms with Crippen LogP contribution >= 0.6 is 24.0 Å². The van der Waals surface area contributed by atoms with Gasteiger partial charge >= 0.3 is 5.97 Å². The Kier molecular flexibility index (Phi) is 13.1. The lowest BCUT2D eigenvalue weighted by Crippen LogP contribution is -2.56. The Hall–Kier alpha value is -0.610. The Morgan fingerprint density at radius 2 is 1.86 bits per heavy atom. The molecular formula is C20H39IN4O3. The second-order valence-corrected chi connectivity index (χ2v) is 7.54. The van der Waals surface area contributed by atoms with Crippen molar-refractivity contribution < 1.29 is 14.3 Å². The van der Waals surface area contributed by atoms with E-state index in [9.17, 15) is 4.79 Å². The minimum absolute atomic E-state index is 0. The highest BCUT2D eigenvalue weighted by atomic mass is 127. The first-order valence-electron chi connectivity index (χ1n) is 10.6. The molecule has 0 bridgehead atoms. The third-order valence-corrected chi connectivity index (χ3v) is 5.67. The summed E-state index contributed by atoms with van der Waals surface area (Å²) < 4.78 is 10.2. The lowest BCUT2D eigenvalue weighted by atomic mass is 9.80. The zero-order chi connectivity index (χ0) is 19.4. The molecule has 1 aliphatic heterocycles. The summed E-state index contributed by atoms with van der Waals surface area (Å²) in [5.74, 6) is 0.745. The molecule has 1 saturated heterocycles. The predicted octanol–water partition coefficient (Wildman–Crippen LogP) is 2.54. The molecule has 8 heteroatoms. The number of rotatable bonds is 9. The summed E-state index contributed by atoms with van der Waals surface area (Å²) in [6.07, 6.45) is 8.63. The normalized spacial score (nSPS) is 20.1. The number of hydrogen-bond acceptors (Lipinski definition) is 5. The second-order valence-electron chi connectivity index (χ2n) is 7.54. The Balaban J connectivity index is 0.00000392. The van der Waals surface area contributed by atoms with E-state index >= 15 is 0 Å². The average molecular weight is 510 g/mol. The van der Waals surface area contributed by atoms with E-state index in [2.05, 4.69) is 27.2 Å². The molecule has 2 N–H and O–H groups in total. The van der Waals surface area contributed by atoms with E-state index in [0.717, 1.165) is 64.7 Å².